The first-order valence-corrected chi connectivity index (χ1v) is 45.5. The van der Waals surface area contributed by atoms with E-state index in [9.17, 15) is 14.0 Å². The fourth-order valence-corrected chi connectivity index (χ4v) is 13.3. The molecule has 17 rings (SSSR count). The third-order valence-corrected chi connectivity index (χ3v) is 21.3. The quantitative estimate of drug-likeness (QED) is 0.0200. The fraction of sp³-hybridized carbons (Fsp3) is 0.264. The lowest BCUT2D eigenvalue weighted by Crippen LogP contribution is -2.29. The average molecular weight is 1940 g/mol. The summed E-state index contributed by atoms with van der Waals surface area (Å²) in [4.78, 5) is 36.7. The number of hydrogen-bond acceptors (Lipinski definition) is 41. The van der Waals surface area contributed by atoms with Crippen molar-refractivity contribution in [3.05, 3.63) is 246 Å². The zero-order valence-electron chi connectivity index (χ0n) is 77.5. The van der Waals surface area contributed by atoms with Crippen molar-refractivity contribution >= 4 is 117 Å². The molecule has 1 amide bonds. The molecular weight excluding hydrogens is 1840 g/mol. The number of amides is 1. The molecule has 16 aromatic rings. The Kier molecular flexibility index (Phi) is 41.1. The van der Waals surface area contributed by atoms with Crippen LogP contribution in [0, 0.1) is 6.92 Å². The third-order valence-electron chi connectivity index (χ3n) is 20.4. The summed E-state index contributed by atoms with van der Waals surface area (Å²) in [6.07, 6.45) is 17.7. The Balaban J connectivity index is 0.000000157. The fourth-order valence-electron chi connectivity index (χ4n) is 12.7. The molecule has 10 aromatic heterocycles. The first-order chi connectivity index (χ1) is 67.8. The van der Waals surface area contributed by atoms with Crippen molar-refractivity contribution in [3.63, 3.8) is 0 Å². The van der Waals surface area contributed by atoms with Crippen LogP contribution in [0.3, 0.4) is 0 Å². The number of carbonyl (C=O) groups is 2. The molecule has 0 radical (unpaired) electrons. The van der Waals surface area contributed by atoms with E-state index in [4.69, 9.17) is 101 Å². The molecule has 11 heterocycles. The second kappa shape index (κ2) is 53.9. The van der Waals surface area contributed by atoms with E-state index in [1.165, 1.54) is 26.2 Å². The smallest absolute Gasteiger partial charge is 0.423 e. The summed E-state index contributed by atoms with van der Waals surface area (Å²) in [5.41, 5.74) is 7.67. The predicted octanol–water partition coefficient (Wildman–Crippen LogP) is 4.03. The molecule has 0 unspecified atom stereocenters. The molecule has 1 aliphatic rings. The highest BCUT2D eigenvalue weighted by Crippen LogP contribution is 2.27. The number of Topliss-reactive ketones (excluding diaryl/α,β-unsaturated/α-hetero) is 1. The van der Waals surface area contributed by atoms with Gasteiger partial charge < -0.3 is 111 Å². The first kappa shape index (κ1) is 107. The van der Waals surface area contributed by atoms with E-state index >= 15 is 0 Å². The zero-order valence-corrected chi connectivity index (χ0v) is 78.3. The number of thiazole rings is 1. The summed E-state index contributed by atoms with van der Waals surface area (Å²) in [7, 11) is -10.5. The number of likely N-dealkylation sites (tertiary alicyclic amines) is 1. The number of unbranched alkanes of at least 4 members (excludes halogenated alkanes) is 3. The lowest BCUT2D eigenvalue weighted by molar-refractivity contribution is -0.127. The van der Waals surface area contributed by atoms with Gasteiger partial charge in [-0.2, -0.15) is 0 Å². The van der Waals surface area contributed by atoms with Gasteiger partial charge >= 0.3 is 49.8 Å². The molecule has 1 aliphatic heterocycles. The lowest BCUT2D eigenvalue weighted by atomic mass is 9.80. The molecule has 141 heavy (non-hydrogen) atoms. The number of allylic oxidation sites excluding steroid dienone is 1. The van der Waals surface area contributed by atoms with Crippen LogP contribution in [0.15, 0.2) is 231 Å². The van der Waals surface area contributed by atoms with Crippen LogP contribution in [-0.4, -0.2) is 242 Å². The minimum Gasteiger partial charge on any atom is -0.423 e. The van der Waals surface area contributed by atoms with Gasteiger partial charge in [-0.15, -0.1) is 82.7 Å². The normalized spacial score (nSPS) is 11.5. The van der Waals surface area contributed by atoms with E-state index in [1.807, 2.05) is 48.7 Å². The summed E-state index contributed by atoms with van der Waals surface area (Å²) in [5.74, 6) is 6.20. The third kappa shape index (κ3) is 34.5. The monoisotopic (exact) mass is 1940 g/mol. The van der Waals surface area contributed by atoms with Gasteiger partial charge in [-0.3, -0.25) is 14.8 Å². The van der Waals surface area contributed by atoms with Crippen LogP contribution in [0.5, 0.6) is 0 Å². The maximum absolute atomic E-state index is 13.4. The summed E-state index contributed by atoms with van der Waals surface area (Å²) in [6, 6.07) is 48.5. The summed E-state index contributed by atoms with van der Waals surface area (Å²) < 4.78 is 52.0. The topological polar surface area (TPSA) is 632 Å². The van der Waals surface area contributed by atoms with Crippen molar-refractivity contribution in [2.45, 2.75) is 144 Å². The van der Waals surface area contributed by atoms with Crippen molar-refractivity contribution in [2.24, 2.45) is 0 Å². The van der Waals surface area contributed by atoms with Crippen molar-refractivity contribution in [1.29, 1.82) is 0 Å². The number of pyridine rings is 2. The van der Waals surface area contributed by atoms with Gasteiger partial charge in [0.2, 0.25) is 76.6 Å². The van der Waals surface area contributed by atoms with E-state index in [0.717, 1.165) is 78.9 Å². The minimum atomic E-state index is -1.54. The van der Waals surface area contributed by atoms with Crippen LogP contribution in [0.2, 0.25) is 0 Å². The molecular formula is C91H100B7FN18O23S. The van der Waals surface area contributed by atoms with Crippen LogP contribution in [0.25, 0.3) is 98.0 Å². The predicted molar refractivity (Wildman–Crippen MR) is 521 cm³/mol. The number of ketones is 1. The maximum Gasteiger partial charge on any atom is 0.490 e. The van der Waals surface area contributed by atoms with E-state index in [2.05, 4.69) is 100 Å². The lowest BCUT2D eigenvalue weighted by Gasteiger charge is -2.13. The van der Waals surface area contributed by atoms with Gasteiger partial charge in [0.05, 0.1) is 17.1 Å². The van der Waals surface area contributed by atoms with E-state index < -0.39 is 55.5 Å². The Hall–Kier alpha value is -14.1. The van der Waals surface area contributed by atoms with Crippen LogP contribution in [-0.2, 0) is 41.7 Å². The Morgan fingerprint density at radius 3 is 1.17 bits per heavy atom. The van der Waals surface area contributed by atoms with E-state index in [1.54, 1.807) is 175 Å². The Morgan fingerprint density at radius 2 is 0.780 bits per heavy atom. The molecule has 0 spiro atoms. The second-order valence-corrected chi connectivity index (χ2v) is 33.2. The van der Waals surface area contributed by atoms with Crippen molar-refractivity contribution in [3.8, 4) is 91.9 Å². The Morgan fingerprint density at radius 1 is 0.418 bits per heavy atom. The summed E-state index contributed by atoms with van der Waals surface area (Å²) in [6.45, 7) is 12.1. The minimum absolute atomic E-state index is 0.142. The molecule has 1 saturated heterocycles. The van der Waals surface area contributed by atoms with Gasteiger partial charge in [-0.05, 0) is 178 Å². The number of aromatic nitrogens is 17. The van der Waals surface area contributed by atoms with Gasteiger partial charge in [-0.25, -0.2) is 9.37 Å². The van der Waals surface area contributed by atoms with Gasteiger partial charge in [0.15, 0.2) is 0 Å². The number of aryl methyl sites for hydroxylation is 4. The number of hydrogen-bond donors (Lipinski definition) is 14. The van der Waals surface area contributed by atoms with Gasteiger partial charge in [0.25, 0.3) is 11.8 Å². The van der Waals surface area contributed by atoms with E-state index in [0.29, 0.717) is 201 Å². The average Bonchev–Trinajstić information content (AvgIpc) is 1.70. The molecule has 6 aromatic carbocycles. The highest BCUT2D eigenvalue weighted by atomic mass is 32.1. The molecule has 1 fully saturated rings. The highest BCUT2D eigenvalue weighted by molar-refractivity contribution is 7.09. The summed E-state index contributed by atoms with van der Waals surface area (Å²) >= 11 is 1.58. The largest absolute Gasteiger partial charge is 0.490 e. The van der Waals surface area contributed by atoms with Crippen LogP contribution >= 0.6 is 11.3 Å². The molecule has 0 aliphatic carbocycles. The van der Waals surface area contributed by atoms with E-state index in [-0.39, 0.29) is 17.6 Å². The molecule has 0 atom stereocenters. The van der Waals surface area contributed by atoms with Gasteiger partial charge in [-0.1, -0.05) is 130 Å². The van der Waals surface area contributed by atoms with Crippen LogP contribution < -0.4 is 38.2 Å². The SMILES string of the molecule is CC(=O)CCCc1nnc(-c2ccc(B(O)O)cc2)o1.CC(C)(F)CCc1nnc(-c2ccc(B(O)O)cc2)o1.CCC/C=C/c1nnc(-c2ccc(B(O)O)cc2)o1.CCCCCc1nnc(-c2ccc(B(O)O)cn2)o1.Cc1nc(Cc2nnc(-c3ccc(B(O)O)cc3)o2)cs1.O=C1CCCN1CCc1nnc(-c2ccc(B(O)O)cc2)o1.OB(O)c1ccc(-c2nnc(-c3ccccc3)o2)nc1. The number of halogens is 1. The standard InChI is InChI=1S/C14H16BN3O4.C13H16BFN2O3.C13H12BN3O3S.C13H10BN3O3.C13H15BN2O4.C13H15BN2O3.C12H16BN3O3/c19-13-2-1-8-18(13)9-7-12-16-17-14(22-12)10-3-5-11(6-4-10)15(20)21;1-13(2,15)8-7-11-16-17-12(20-11)9-3-5-10(6-4-9)14(18)19;1-8-15-11(7-21-8)6-12-16-17-13(20-12)9-2-4-10(5-3-9)14(18)19;18-14(19)10-6-7-11(15-8-10)13-17-16-12(20-13)9-4-2-1-3-5-9;1-9(17)3-2-4-12-15-16-13(20-12)10-5-7-11(8-6-10)14(18)19;1-2-3-4-5-12-15-16-13(19-12)10-6-8-11(9-7-10)14(17)18;1-2-3-4-5-11-15-16-12(19-11)10-7-6-9(8-14-10)13(17)18/h3-6,20-21H,1-2,7-9H2;3-6,18-19H,7-8H2,1-2H3;2-5,7,18-19H,6H2,1H3;1-8,18-19H;5-8,18-19H,2-4H2,1H3;4-9,17-18H,2-3H2,1H3;6-8,17-18H,2-5H2,1H3/b;;;;;5-4+;. The number of benzene rings is 6. The molecule has 0 saturated carbocycles. The van der Waals surface area contributed by atoms with Crippen molar-refractivity contribution in [1.82, 2.24) is 91.2 Å². The molecule has 0 bridgehead atoms. The van der Waals surface area contributed by atoms with Gasteiger partial charge in [0, 0.05) is 114 Å². The number of alkyl halides is 1. The number of carbonyl (C=O) groups excluding carboxylic acids is 2. The van der Waals surface area contributed by atoms with Crippen molar-refractivity contribution in [2.75, 3.05) is 13.1 Å². The Labute approximate surface area is 813 Å². The molecule has 41 nitrogen and oxygen atoms in total. The molecule has 726 valence electrons. The first-order valence-electron chi connectivity index (χ1n) is 44.7. The van der Waals surface area contributed by atoms with Crippen LogP contribution in [0.4, 0.5) is 4.39 Å². The van der Waals surface area contributed by atoms with Gasteiger partial charge in [0.1, 0.15) is 22.8 Å². The zero-order chi connectivity index (χ0) is 101. The summed E-state index contributed by atoms with van der Waals surface area (Å²) in [5, 5.41) is 184. The number of nitrogens with zero attached hydrogens (tertiary/aromatic N) is 18. The number of rotatable bonds is 34. The second-order valence-electron chi connectivity index (χ2n) is 32.1. The Bertz CT molecular complexity index is 6480. The molecule has 50 heteroatoms. The van der Waals surface area contributed by atoms with Crippen LogP contribution in [0.1, 0.15) is 145 Å². The molecule has 14 N–H and O–H groups in total. The van der Waals surface area contributed by atoms with Crippen molar-refractivity contribution < 1.29 is 115 Å². The maximum atomic E-state index is 13.4. The highest BCUT2D eigenvalue weighted by Gasteiger charge is 2.25.